The Morgan fingerprint density at radius 2 is 2.46 bits per heavy atom. The predicted octanol–water partition coefficient (Wildman–Crippen LogP) is 1.19. The van der Waals surface area contributed by atoms with E-state index in [2.05, 4.69) is 4.98 Å². The molecule has 0 radical (unpaired) electrons. The second kappa shape index (κ2) is 3.34. The molecule has 3 nitrogen and oxygen atoms in total. The van der Waals surface area contributed by atoms with Crippen LogP contribution in [0.5, 0.6) is 5.75 Å². The summed E-state index contributed by atoms with van der Waals surface area (Å²) < 4.78 is 5.01. The molecule has 1 aliphatic rings. The average Bonchev–Trinajstić information content (AvgIpc) is 2.97. The first-order valence-corrected chi connectivity index (χ1v) is 4.46. The highest BCUT2D eigenvalue weighted by Gasteiger charge is 2.38. The minimum absolute atomic E-state index is 0.276. The zero-order valence-corrected chi connectivity index (χ0v) is 7.60. The quantitative estimate of drug-likeness (QED) is 0.757. The van der Waals surface area contributed by atoms with Crippen LogP contribution in [0.2, 0.25) is 0 Å². The van der Waals surface area contributed by atoms with E-state index in [0.29, 0.717) is 11.8 Å². The first kappa shape index (κ1) is 8.51. The van der Waals surface area contributed by atoms with Gasteiger partial charge in [0.2, 0.25) is 0 Å². The summed E-state index contributed by atoms with van der Waals surface area (Å²) in [7, 11) is 1.63. The fourth-order valence-electron chi connectivity index (χ4n) is 1.54. The van der Waals surface area contributed by atoms with E-state index >= 15 is 0 Å². The molecule has 0 amide bonds. The van der Waals surface area contributed by atoms with Crippen LogP contribution in [0.3, 0.4) is 0 Å². The minimum atomic E-state index is 0.276. The number of hydrogen-bond acceptors (Lipinski definition) is 3. The Labute approximate surface area is 77.4 Å². The number of aromatic nitrogens is 1. The number of hydrogen-bond donors (Lipinski definition) is 1. The summed E-state index contributed by atoms with van der Waals surface area (Å²) >= 11 is 0. The van der Waals surface area contributed by atoms with Crippen molar-refractivity contribution in [3.63, 3.8) is 0 Å². The summed E-state index contributed by atoms with van der Waals surface area (Å²) in [5, 5.41) is 8.89. The summed E-state index contributed by atoms with van der Waals surface area (Å²) in [5.41, 5.74) is 1.07. The van der Waals surface area contributed by atoms with Crippen LogP contribution < -0.4 is 4.74 Å². The maximum Gasteiger partial charge on any atom is 0.137 e. The van der Waals surface area contributed by atoms with Crippen LogP contribution in [0.1, 0.15) is 18.0 Å². The third-order valence-electron chi connectivity index (χ3n) is 2.53. The third kappa shape index (κ3) is 1.65. The molecule has 1 fully saturated rings. The van der Waals surface area contributed by atoms with Crippen molar-refractivity contribution in [2.75, 3.05) is 13.7 Å². The molecule has 1 heterocycles. The normalized spacial score (nSPS) is 25.7. The van der Waals surface area contributed by atoms with E-state index in [1.807, 2.05) is 12.1 Å². The molecule has 2 rings (SSSR count). The molecule has 0 bridgehead atoms. The molecule has 1 aliphatic carbocycles. The molecule has 2 atom stereocenters. The van der Waals surface area contributed by atoms with Crippen LogP contribution >= 0.6 is 0 Å². The van der Waals surface area contributed by atoms with Gasteiger partial charge in [0.15, 0.2) is 0 Å². The van der Waals surface area contributed by atoms with Crippen molar-refractivity contribution < 1.29 is 9.84 Å². The maximum atomic E-state index is 8.89. The van der Waals surface area contributed by atoms with Crippen molar-refractivity contribution in [1.82, 2.24) is 4.98 Å². The number of ether oxygens (including phenoxy) is 1. The van der Waals surface area contributed by atoms with Gasteiger partial charge in [0.05, 0.1) is 13.3 Å². The standard InChI is InChI=1S/C10H13NO2/c1-13-8-2-3-10(11-5-8)9-4-7(9)6-12/h2-3,5,7,9,12H,4,6H2,1H3/t7-,9+/m0/s1. The molecule has 70 valence electrons. The van der Waals surface area contributed by atoms with Crippen molar-refractivity contribution in [2.24, 2.45) is 5.92 Å². The van der Waals surface area contributed by atoms with Gasteiger partial charge in [-0.15, -0.1) is 0 Å². The zero-order valence-electron chi connectivity index (χ0n) is 7.60. The van der Waals surface area contributed by atoms with Crippen LogP contribution in [0, 0.1) is 5.92 Å². The summed E-state index contributed by atoms with van der Waals surface area (Å²) in [4.78, 5) is 4.27. The highest BCUT2D eigenvalue weighted by atomic mass is 16.5. The Morgan fingerprint density at radius 3 is 2.92 bits per heavy atom. The second-order valence-electron chi connectivity index (χ2n) is 3.41. The Kier molecular flexibility index (Phi) is 2.19. The highest BCUT2D eigenvalue weighted by molar-refractivity contribution is 5.25. The monoisotopic (exact) mass is 179 g/mol. The SMILES string of the molecule is COc1ccc([C@@H]2C[C@H]2CO)nc1. The van der Waals surface area contributed by atoms with Crippen LogP contribution in [-0.2, 0) is 0 Å². The van der Waals surface area contributed by atoms with Crippen molar-refractivity contribution >= 4 is 0 Å². The minimum Gasteiger partial charge on any atom is -0.495 e. The van der Waals surface area contributed by atoms with Gasteiger partial charge in [0, 0.05) is 18.2 Å². The van der Waals surface area contributed by atoms with Gasteiger partial charge in [-0.1, -0.05) is 0 Å². The predicted molar refractivity (Wildman–Crippen MR) is 48.7 cm³/mol. The molecule has 1 aromatic heterocycles. The van der Waals surface area contributed by atoms with Crippen molar-refractivity contribution in [1.29, 1.82) is 0 Å². The third-order valence-corrected chi connectivity index (χ3v) is 2.53. The smallest absolute Gasteiger partial charge is 0.137 e. The Morgan fingerprint density at radius 1 is 1.62 bits per heavy atom. The summed E-state index contributed by atoms with van der Waals surface area (Å²) in [6.45, 7) is 0.276. The fraction of sp³-hybridized carbons (Fsp3) is 0.500. The molecule has 0 saturated heterocycles. The van der Waals surface area contributed by atoms with Gasteiger partial charge in [-0.05, 0) is 24.5 Å². The number of nitrogens with zero attached hydrogens (tertiary/aromatic N) is 1. The fourth-order valence-corrected chi connectivity index (χ4v) is 1.54. The lowest BCUT2D eigenvalue weighted by molar-refractivity contribution is 0.273. The lowest BCUT2D eigenvalue weighted by atomic mass is 10.2. The van der Waals surface area contributed by atoms with E-state index in [-0.39, 0.29) is 6.61 Å². The molecule has 0 spiro atoms. The van der Waals surface area contributed by atoms with Crippen LogP contribution in [0.25, 0.3) is 0 Å². The first-order chi connectivity index (χ1) is 6.35. The maximum absolute atomic E-state index is 8.89. The molecule has 1 aromatic rings. The van der Waals surface area contributed by atoms with Gasteiger partial charge in [-0.25, -0.2) is 0 Å². The van der Waals surface area contributed by atoms with Gasteiger partial charge in [-0.3, -0.25) is 4.98 Å². The number of aliphatic hydroxyl groups excluding tert-OH is 1. The number of rotatable bonds is 3. The van der Waals surface area contributed by atoms with Crippen LogP contribution in [-0.4, -0.2) is 23.8 Å². The molecule has 0 aromatic carbocycles. The second-order valence-corrected chi connectivity index (χ2v) is 3.41. The molecule has 1 N–H and O–H groups in total. The van der Waals surface area contributed by atoms with Crippen molar-refractivity contribution in [3.05, 3.63) is 24.0 Å². The Balaban J connectivity index is 2.07. The first-order valence-electron chi connectivity index (χ1n) is 4.46. The Bertz CT molecular complexity index is 283. The molecule has 0 aliphatic heterocycles. The van der Waals surface area contributed by atoms with E-state index < -0.39 is 0 Å². The summed E-state index contributed by atoms with van der Waals surface area (Å²) in [6.07, 6.45) is 2.79. The highest BCUT2D eigenvalue weighted by Crippen LogP contribution is 2.46. The lowest BCUT2D eigenvalue weighted by Crippen LogP contribution is -1.92. The van der Waals surface area contributed by atoms with Crippen LogP contribution in [0.15, 0.2) is 18.3 Å². The van der Waals surface area contributed by atoms with Gasteiger partial charge in [0.25, 0.3) is 0 Å². The van der Waals surface area contributed by atoms with E-state index in [0.717, 1.165) is 17.9 Å². The van der Waals surface area contributed by atoms with Gasteiger partial charge >= 0.3 is 0 Å². The molecular weight excluding hydrogens is 166 g/mol. The van der Waals surface area contributed by atoms with Crippen molar-refractivity contribution in [2.45, 2.75) is 12.3 Å². The number of methoxy groups -OCH3 is 1. The molecule has 0 unspecified atom stereocenters. The topological polar surface area (TPSA) is 42.4 Å². The van der Waals surface area contributed by atoms with E-state index in [4.69, 9.17) is 9.84 Å². The average molecular weight is 179 g/mol. The van der Waals surface area contributed by atoms with Crippen LogP contribution in [0.4, 0.5) is 0 Å². The molecule has 1 saturated carbocycles. The number of pyridine rings is 1. The van der Waals surface area contributed by atoms with E-state index in [1.165, 1.54) is 0 Å². The van der Waals surface area contributed by atoms with Gasteiger partial charge in [-0.2, -0.15) is 0 Å². The Hall–Kier alpha value is -1.09. The largest absolute Gasteiger partial charge is 0.495 e. The van der Waals surface area contributed by atoms with E-state index in [9.17, 15) is 0 Å². The zero-order chi connectivity index (χ0) is 9.26. The number of aliphatic hydroxyl groups is 1. The molecular formula is C10H13NO2. The summed E-state index contributed by atoms with van der Waals surface area (Å²) in [5.74, 6) is 1.68. The van der Waals surface area contributed by atoms with Gasteiger partial charge in [0.1, 0.15) is 5.75 Å². The lowest BCUT2D eigenvalue weighted by Gasteiger charge is -2.00. The van der Waals surface area contributed by atoms with Crippen molar-refractivity contribution in [3.8, 4) is 5.75 Å². The van der Waals surface area contributed by atoms with E-state index in [1.54, 1.807) is 13.3 Å². The summed E-state index contributed by atoms with van der Waals surface area (Å²) in [6, 6.07) is 3.88. The molecule has 3 heteroatoms. The van der Waals surface area contributed by atoms with Gasteiger partial charge < -0.3 is 9.84 Å². The molecule has 13 heavy (non-hydrogen) atoms.